The van der Waals surface area contributed by atoms with E-state index in [2.05, 4.69) is 5.32 Å². The van der Waals surface area contributed by atoms with Gasteiger partial charge in [0.05, 0.1) is 5.69 Å². The molecule has 21 heavy (non-hydrogen) atoms. The Morgan fingerprint density at radius 1 is 1.05 bits per heavy atom. The largest absolute Gasteiger partial charge is 0.331 e. The Kier molecular flexibility index (Phi) is 4.21. The second-order valence-electron chi connectivity index (χ2n) is 5.03. The SMILES string of the molecule is Cc1ccc(-c2cc(F)cc(F)c2)c(NC(=O)N(C)C)c1. The van der Waals surface area contributed by atoms with Gasteiger partial charge in [-0.15, -0.1) is 0 Å². The third-order valence-electron chi connectivity index (χ3n) is 3.00. The molecule has 0 bridgehead atoms. The fourth-order valence-electron chi connectivity index (χ4n) is 1.95. The van der Waals surface area contributed by atoms with Gasteiger partial charge in [0.2, 0.25) is 0 Å². The van der Waals surface area contributed by atoms with Crippen LogP contribution in [-0.4, -0.2) is 25.0 Å². The minimum atomic E-state index is -0.657. The van der Waals surface area contributed by atoms with Crippen LogP contribution in [0.2, 0.25) is 0 Å². The standard InChI is InChI=1S/C16H16F2N2O/c1-10-4-5-14(11-7-12(17)9-13(18)8-11)15(6-10)19-16(21)20(2)3/h4-9H,1-3H3,(H,19,21). The highest BCUT2D eigenvalue weighted by Gasteiger charge is 2.12. The Morgan fingerprint density at radius 2 is 1.67 bits per heavy atom. The summed E-state index contributed by atoms with van der Waals surface area (Å²) in [5.41, 5.74) is 2.39. The summed E-state index contributed by atoms with van der Waals surface area (Å²) < 4.78 is 26.8. The van der Waals surface area contributed by atoms with Crippen molar-refractivity contribution in [3.8, 4) is 11.1 Å². The highest BCUT2D eigenvalue weighted by atomic mass is 19.1. The van der Waals surface area contributed by atoms with Gasteiger partial charge in [-0.05, 0) is 36.2 Å². The van der Waals surface area contributed by atoms with E-state index < -0.39 is 11.6 Å². The van der Waals surface area contributed by atoms with E-state index in [9.17, 15) is 13.6 Å². The summed E-state index contributed by atoms with van der Waals surface area (Å²) >= 11 is 0. The monoisotopic (exact) mass is 290 g/mol. The van der Waals surface area contributed by atoms with E-state index in [0.29, 0.717) is 16.8 Å². The highest BCUT2D eigenvalue weighted by molar-refractivity contribution is 5.94. The number of benzene rings is 2. The van der Waals surface area contributed by atoms with Crippen molar-refractivity contribution in [3.05, 3.63) is 53.6 Å². The van der Waals surface area contributed by atoms with Crippen LogP contribution in [0.5, 0.6) is 0 Å². The molecule has 0 unspecified atom stereocenters. The molecule has 0 radical (unpaired) electrons. The molecule has 2 amide bonds. The first-order valence-electron chi connectivity index (χ1n) is 6.42. The topological polar surface area (TPSA) is 32.3 Å². The fourth-order valence-corrected chi connectivity index (χ4v) is 1.95. The molecule has 110 valence electrons. The van der Waals surface area contributed by atoms with E-state index in [1.54, 1.807) is 26.2 Å². The Morgan fingerprint density at radius 3 is 2.24 bits per heavy atom. The zero-order valence-electron chi connectivity index (χ0n) is 12.1. The van der Waals surface area contributed by atoms with Crippen LogP contribution < -0.4 is 5.32 Å². The molecule has 1 N–H and O–H groups in total. The Labute approximate surface area is 122 Å². The predicted molar refractivity (Wildman–Crippen MR) is 79.2 cm³/mol. The number of amides is 2. The summed E-state index contributed by atoms with van der Waals surface area (Å²) in [6.07, 6.45) is 0. The molecule has 0 heterocycles. The number of halogens is 2. The number of urea groups is 1. The first kappa shape index (κ1) is 15.0. The van der Waals surface area contributed by atoms with Crippen LogP contribution in [0.4, 0.5) is 19.3 Å². The van der Waals surface area contributed by atoms with Crippen molar-refractivity contribution in [1.82, 2.24) is 4.90 Å². The summed E-state index contributed by atoms with van der Waals surface area (Å²) in [7, 11) is 3.24. The van der Waals surface area contributed by atoms with Crippen molar-refractivity contribution < 1.29 is 13.6 Å². The average Bonchev–Trinajstić information content (AvgIpc) is 2.37. The van der Waals surface area contributed by atoms with Crippen LogP contribution >= 0.6 is 0 Å². The zero-order valence-corrected chi connectivity index (χ0v) is 12.1. The van der Waals surface area contributed by atoms with Gasteiger partial charge in [0.1, 0.15) is 11.6 Å². The molecule has 3 nitrogen and oxygen atoms in total. The fraction of sp³-hybridized carbons (Fsp3) is 0.188. The maximum atomic E-state index is 13.4. The van der Waals surface area contributed by atoms with Gasteiger partial charge >= 0.3 is 6.03 Å². The zero-order chi connectivity index (χ0) is 15.6. The van der Waals surface area contributed by atoms with Crippen molar-refractivity contribution in [2.45, 2.75) is 6.92 Å². The average molecular weight is 290 g/mol. The molecule has 0 atom stereocenters. The molecule has 0 aliphatic heterocycles. The molecule has 0 aliphatic rings. The van der Waals surface area contributed by atoms with Gasteiger partial charge in [-0.1, -0.05) is 12.1 Å². The Hall–Kier alpha value is -2.43. The number of carbonyl (C=O) groups excluding carboxylic acids is 1. The van der Waals surface area contributed by atoms with E-state index in [1.807, 2.05) is 13.0 Å². The van der Waals surface area contributed by atoms with Gasteiger partial charge in [-0.25, -0.2) is 13.6 Å². The summed E-state index contributed by atoms with van der Waals surface area (Å²) in [5.74, 6) is -1.31. The Balaban J connectivity index is 2.50. The normalized spacial score (nSPS) is 10.3. The van der Waals surface area contributed by atoms with E-state index in [1.165, 1.54) is 17.0 Å². The number of carbonyl (C=O) groups is 1. The third-order valence-corrected chi connectivity index (χ3v) is 3.00. The maximum absolute atomic E-state index is 13.4. The van der Waals surface area contributed by atoms with Crippen molar-refractivity contribution in [1.29, 1.82) is 0 Å². The first-order chi connectivity index (χ1) is 9.86. The van der Waals surface area contributed by atoms with Crippen molar-refractivity contribution in [3.63, 3.8) is 0 Å². The minimum Gasteiger partial charge on any atom is -0.331 e. The summed E-state index contributed by atoms with van der Waals surface area (Å²) in [4.78, 5) is 13.2. The second kappa shape index (κ2) is 5.91. The summed E-state index contributed by atoms with van der Waals surface area (Å²) in [6.45, 7) is 1.88. The van der Waals surface area contributed by atoms with Gasteiger partial charge < -0.3 is 10.2 Å². The van der Waals surface area contributed by atoms with Crippen LogP contribution in [0, 0.1) is 18.6 Å². The van der Waals surface area contributed by atoms with E-state index in [4.69, 9.17) is 0 Å². The minimum absolute atomic E-state index is 0.307. The van der Waals surface area contributed by atoms with Gasteiger partial charge in [0.25, 0.3) is 0 Å². The number of nitrogens with one attached hydrogen (secondary N) is 1. The summed E-state index contributed by atoms with van der Waals surface area (Å²) in [6, 6.07) is 8.30. The van der Waals surface area contributed by atoms with Crippen LogP contribution in [0.3, 0.4) is 0 Å². The second-order valence-corrected chi connectivity index (χ2v) is 5.03. The van der Waals surface area contributed by atoms with Gasteiger partial charge in [0.15, 0.2) is 0 Å². The molecule has 0 fully saturated rings. The Bertz CT molecular complexity index is 664. The predicted octanol–water partition coefficient (Wildman–Crippen LogP) is 4.03. The first-order valence-corrected chi connectivity index (χ1v) is 6.42. The number of nitrogens with zero attached hydrogens (tertiary/aromatic N) is 1. The molecule has 2 aromatic carbocycles. The van der Waals surface area contributed by atoms with Crippen LogP contribution in [0.15, 0.2) is 36.4 Å². The molecule has 0 aromatic heterocycles. The number of anilines is 1. The van der Waals surface area contributed by atoms with Crippen molar-refractivity contribution >= 4 is 11.7 Å². The lowest BCUT2D eigenvalue weighted by atomic mass is 10.0. The molecule has 0 aliphatic carbocycles. The lowest BCUT2D eigenvalue weighted by Crippen LogP contribution is -2.27. The number of hydrogen-bond acceptors (Lipinski definition) is 1. The third kappa shape index (κ3) is 3.56. The van der Waals surface area contributed by atoms with Crippen molar-refractivity contribution in [2.75, 3.05) is 19.4 Å². The van der Waals surface area contributed by atoms with Crippen LogP contribution in [0.1, 0.15) is 5.56 Å². The highest BCUT2D eigenvalue weighted by Crippen LogP contribution is 2.30. The van der Waals surface area contributed by atoms with Crippen LogP contribution in [0.25, 0.3) is 11.1 Å². The molecule has 5 heteroatoms. The maximum Gasteiger partial charge on any atom is 0.321 e. The van der Waals surface area contributed by atoms with Crippen LogP contribution in [-0.2, 0) is 0 Å². The van der Waals surface area contributed by atoms with Crippen molar-refractivity contribution in [2.24, 2.45) is 0 Å². The quantitative estimate of drug-likeness (QED) is 0.889. The van der Waals surface area contributed by atoms with E-state index >= 15 is 0 Å². The van der Waals surface area contributed by atoms with E-state index in [-0.39, 0.29) is 6.03 Å². The number of rotatable bonds is 2. The molecule has 2 aromatic rings. The smallest absolute Gasteiger partial charge is 0.321 e. The number of hydrogen-bond donors (Lipinski definition) is 1. The summed E-state index contributed by atoms with van der Waals surface area (Å²) in [5, 5.41) is 2.73. The van der Waals surface area contributed by atoms with E-state index in [0.717, 1.165) is 11.6 Å². The number of aryl methyl sites for hydroxylation is 1. The molecule has 0 saturated heterocycles. The van der Waals surface area contributed by atoms with Gasteiger partial charge in [0, 0.05) is 25.7 Å². The lowest BCUT2D eigenvalue weighted by molar-refractivity contribution is 0.230. The van der Waals surface area contributed by atoms with Gasteiger partial charge in [-0.2, -0.15) is 0 Å². The molecule has 0 spiro atoms. The molecule has 0 saturated carbocycles. The molecular formula is C16H16F2N2O. The lowest BCUT2D eigenvalue weighted by Gasteiger charge is -2.16. The molecular weight excluding hydrogens is 274 g/mol. The van der Waals surface area contributed by atoms with Gasteiger partial charge in [-0.3, -0.25) is 0 Å². The molecule has 2 rings (SSSR count).